The number of rotatable bonds is 6. The Kier molecular flexibility index (Phi) is 6.47. The Labute approximate surface area is 191 Å². The van der Waals surface area contributed by atoms with E-state index in [9.17, 15) is 15.2 Å². The Bertz CT molecular complexity index is 1190. The van der Waals surface area contributed by atoms with Crippen LogP contribution in [-0.2, 0) is 4.79 Å². The van der Waals surface area contributed by atoms with E-state index in [2.05, 4.69) is 26.3 Å². The molecule has 1 aromatic carbocycles. The molecule has 1 fully saturated rings. The van der Waals surface area contributed by atoms with Crippen LogP contribution < -0.4 is 10.1 Å². The summed E-state index contributed by atoms with van der Waals surface area (Å²) in [7, 11) is 0. The lowest BCUT2D eigenvalue weighted by Gasteiger charge is -2.19. The lowest BCUT2D eigenvalue weighted by atomic mass is 10.1. The van der Waals surface area contributed by atoms with Crippen LogP contribution in [0.25, 0.3) is 11.3 Å². The zero-order valence-corrected chi connectivity index (χ0v) is 18.4. The number of carbonyl (C=O) groups excluding carboxylic acids is 1. The molecule has 33 heavy (non-hydrogen) atoms. The van der Waals surface area contributed by atoms with Crippen LogP contribution in [-0.4, -0.2) is 56.2 Å². The first-order valence-corrected chi connectivity index (χ1v) is 10.6. The van der Waals surface area contributed by atoms with Crippen LogP contribution >= 0.6 is 0 Å². The molecule has 0 aliphatic carbocycles. The maximum Gasteiger partial charge on any atom is 0.251 e. The van der Waals surface area contributed by atoms with Crippen molar-refractivity contribution >= 4 is 17.5 Å². The summed E-state index contributed by atoms with van der Waals surface area (Å²) in [5.74, 6) is 0.563. The van der Waals surface area contributed by atoms with E-state index in [-0.39, 0.29) is 12.0 Å². The van der Waals surface area contributed by atoms with Crippen molar-refractivity contribution in [2.75, 3.05) is 18.4 Å². The van der Waals surface area contributed by atoms with Gasteiger partial charge in [-0.05, 0) is 50.2 Å². The summed E-state index contributed by atoms with van der Waals surface area (Å²) in [5.41, 5.74) is 3.48. The van der Waals surface area contributed by atoms with Crippen molar-refractivity contribution in [3.8, 4) is 23.1 Å². The number of hydrogen-bond acceptors (Lipinski definition) is 8. The number of aryl methyl sites for hydroxylation is 1. The van der Waals surface area contributed by atoms with Gasteiger partial charge in [-0.2, -0.15) is 5.26 Å². The highest BCUT2D eigenvalue weighted by Crippen LogP contribution is 2.28. The number of aliphatic hydroxyl groups excluding tert-OH is 1. The van der Waals surface area contributed by atoms with Gasteiger partial charge in [-0.25, -0.2) is 9.97 Å². The van der Waals surface area contributed by atoms with E-state index in [0.29, 0.717) is 42.5 Å². The molecule has 0 bridgehead atoms. The number of likely N-dealkylation sites (tertiary alicyclic amines) is 1. The van der Waals surface area contributed by atoms with Crippen LogP contribution in [0.2, 0.25) is 0 Å². The summed E-state index contributed by atoms with van der Waals surface area (Å²) in [4.78, 5) is 26.6. The third-order valence-electron chi connectivity index (χ3n) is 5.33. The van der Waals surface area contributed by atoms with Crippen molar-refractivity contribution in [1.29, 1.82) is 5.26 Å². The number of ether oxygens (including phenoxy) is 1. The second-order valence-electron chi connectivity index (χ2n) is 7.89. The molecule has 9 heteroatoms. The average Bonchev–Trinajstić information content (AvgIpc) is 3.29. The van der Waals surface area contributed by atoms with Crippen molar-refractivity contribution in [3.05, 3.63) is 60.0 Å². The van der Waals surface area contributed by atoms with E-state index in [1.165, 1.54) is 6.92 Å². The minimum absolute atomic E-state index is 0.233. The van der Waals surface area contributed by atoms with E-state index in [1.807, 2.05) is 25.1 Å². The molecule has 0 spiro atoms. The highest BCUT2D eigenvalue weighted by Gasteiger charge is 2.30. The number of amides is 1. The second-order valence-corrected chi connectivity index (χ2v) is 7.89. The quantitative estimate of drug-likeness (QED) is 0.595. The van der Waals surface area contributed by atoms with Crippen molar-refractivity contribution in [2.24, 2.45) is 0 Å². The van der Waals surface area contributed by atoms with Gasteiger partial charge in [0.15, 0.2) is 0 Å². The number of pyridine rings is 1. The molecule has 4 rings (SSSR count). The zero-order valence-electron chi connectivity index (χ0n) is 18.4. The van der Waals surface area contributed by atoms with Gasteiger partial charge in [-0.15, -0.1) is 0 Å². The number of nitrogens with zero attached hydrogens (tertiary/aromatic N) is 5. The lowest BCUT2D eigenvalue weighted by Crippen LogP contribution is -2.37. The Morgan fingerprint density at radius 3 is 2.88 bits per heavy atom. The van der Waals surface area contributed by atoms with E-state index in [4.69, 9.17) is 4.74 Å². The molecule has 9 nitrogen and oxygen atoms in total. The minimum Gasteiger partial charge on any atom is -0.487 e. The monoisotopic (exact) mass is 444 g/mol. The van der Waals surface area contributed by atoms with Crippen LogP contribution in [0.5, 0.6) is 5.75 Å². The Balaban J connectivity index is 1.49. The second kappa shape index (κ2) is 9.63. The number of aromatic nitrogens is 3. The number of hydrogen-bond donors (Lipinski definition) is 2. The molecule has 0 radical (unpaired) electrons. The summed E-state index contributed by atoms with van der Waals surface area (Å²) >= 11 is 0. The molecule has 168 valence electrons. The predicted molar refractivity (Wildman–Crippen MR) is 122 cm³/mol. The van der Waals surface area contributed by atoms with Crippen LogP contribution in [0.4, 0.5) is 11.6 Å². The fourth-order valence-corrected chi connectivity index (χ4v) is 3.60. The SMILES string of the molecule is Cc1ccc(Nc2nccc(-c3ccc(OC4CCN(C(=O)C(C)O)C4)c(C#N)c3)n2)cn1. The topological polar surface area (TPSA) is 124 Å². The molecule has 2 atom stereocenters. The molecule has 0 saturated carbocycles. The Hall–Kier alpha value is -4.03. The third-order valence-corrected chi connectivity index (χ3v) is 5.33. The summed E-state index contributed by atoms with van der Waals surface area (Å²) < 4.78 is 6.01. The van der Waals surface area contributed by atoms with Crippen molar-refractivity contribution < 1.29 is 14.6 Å². The fourth-order valence-electron chi connectivity index (χ4n) is 3.60. The molecule has 3 heterocycles. The third kappa shape index (κ3) is 5.25. The van der Waals surface area contributed by atoms with Gasteiger partial charge in [0.2, 0.25) is 5.95 Å². The van der Waals surface area contributed by atoms with Crippen LogP contribution in [0, 0.1) is 18.3 Å². The Morgan fingerprint density at radius 2 is 2.15 bits per heavy atom. The summed E-state index contributed by atoms with van der Waals surface area (Å²) in [5, 5.41) is 22.3. The van der Waals surface area contributed by atoms with Gasteiger partial charge in [0.05, 0.1) is 29.7 Å². The normalized spacial score (nSPS) is 16.2. The van der Waals surface area contributed by atoms with Gasteiger partial charge in [0.1, 0.15) is 24.0 Å². The average molecular weight is 444 g/mol. The van der Waals surface area contributed by atoms with Crippen molar-refractivity contribution in [1.82, 2.24) is 19.9 Å². The van der Waals surface area contributed by atoms with E-state index < -0.39 is 6.10 Å². The van der Waals surface area contributed by atoms with Crippen LogP contribution in [0.3, 0.4) is 0 Å². The van der Waals surface area contributed by atoms with E-state index in [0.717, 1.165) is 16.9 Å². The largest absolute Gasteiger partial charge is 0.487 e. The number of anilines is 2. The van der Waals surface area contributed by atoms with Crippen LogP contribution in [0.1, 0.15) is 24.6 Å². The van der Waals surface area contributed by atoms with E-state index in [1.54, 1.807) is 35.5 Å². The first-order valence-electron chi connectivity index (χ1n) is 10.6. The van der Waals surface area contributed by atoms with Gasteiger partial charge in [0, 0.05) is 30.4 Å². The Morgan fingerprint density at radius 1 is 1.30 bits per heavy atom. The molecule has 2 N–H and O–H groups in total. The highest BCUT2D eigenvalue weighted by molar-refractivity contribution is 5.80. The van der Waals surface area contributed by atoms with Gasteiger partial charge in [-0.3, -0.25) is 9.78 Å². The molecule has 1 aliphatic heterocycles. The summed E-state index contributed by atoms with van der Waals surface area (Å²) in [6, 6.07) is 13.0. The zero-order chi connectivity index (χ0) is 23.4. The van der Waals surface area contributed by atoms with Crippen LogP contribution in [0.15, 0.2) is 48.8 Å². The standard InChI is InChI=1S/C24H24N6O3/c1-15-3-5-19(13-27-15)28-24-26-9-7-21(29-24)17-4-6-22(18(11-17)12-25)33-20-8-10-30(14-20)23(32)16(2)31/h3-7,9,11,13,16,20,31H,8,10,14H2,1-2H3,(H,26,28,29). The fraction of sp³-hybridized carbons (Fsp3) is 0.292. The molecular weight excluding hydrogens is 420 g/mol. The van der Waals surface area contributed by atoms with Gasteiger partial charge in [0.25, 0.3) is 5.91 Å². The maximum absolute atomic E-state index is 12.0. The number of carbonyl (C=O) groups is 1. The van der Waals surface area contributed by atoms with Gasteiger partial charge >= 0.3 is 0 Å². The van der Waals surface area contributed by atoms with Gasteiger partial charge < -0.3 is 20.1 Å². The maximum atomic E-state index is 12.0. The first-order chi connectivity index (χ1) is 15.9. The molecule has 2 unspecified atom stereocenters. The summed E-state index contributed by atoms with van der Waals surface area (Å²) in [6.45, 7) is 4.26. The number of nitriles is 1. The molecule has 1 saturated heterocycles. The lowest BCUT2D eigenvalue weighted by molar-refractivity contribution is -0.138. The number of aliphatic hydroxyl groups is 1. The molecule has 1 amide bonds. The predicted octanol–water partition coefficient (Wildman–Crippen LogP) is 2.82. The molecule has 2 aromatic heterocycles. The summed E-state index contributed by atoms with van der Waals surface area (Å²) in [6.07, 6.45) is 2.73. The molecule has 3 aromatic rings. The van der Waals surface area contributed by atoms with Crippen molar-refractivity contribution in [3.63, 3.8) is 0 Å². The first kappa shape index (κ1) is 22.2. The number of benzene rings is 1. The van der Waals surface area contributed by atoms with Crippen molar-refractivity contribution in [2.45, 2.75) is 32.5 Å². The molecular formula is C24H24N6O3. The van der Waals surface area contributed by atoms with Gasteiger partial charge in [-0.1, -0.05) is 0 Å². The molecule has 1 aliphatic rings. The highest BCUT2D eigenvalue weighted by atomic mass is 16.5. The smallest absolute Gasteiger partial charge is 0.251 e. The number of nitrogens with one attached hydrogen (secondary N) is 1. The van der Waals surface area contributed by atoms with E-state index >= 15 is 0 Å². The minimum atomic E-state index is -1.03.